The first kappa shape index (κ1) is 21.0. The number of anilines is 1. The highest BCUT2D eigenvalue weighted by Crippen LogP contribution is 2.35. The van der Waals surface area contributed by atoms with Crippen LogP contribution in [0.5, 0.6) is 11.5 Å². The van der Waals surface area contributed by atoms with Crippen molar-refractivity contribution < 1.29 is 14.3 Å². The van der Waals surface area contributed by atoms with Crippen molar-refractivity contribution in [1.29, 1.82) is 0 Å². The van der Waals surface area contributed by atoms with Gasteiger partial charge in [-0.15, -0.1) is 0 Å². The number of hydrogen-bond acceptors (Lipinski definition) is 4. The molecule has 1 aliphatic carbocycles. The minimum Gasteiger partial charge on any atom is -0.493 e. The number of amides is 1. The number of rotatable bonds is 7. The Bertz CT molecular complexity index is 1070. The van der Waals surface area contributed by atoms with Crippen LogP contribution in [0.3, 0.4) is 0 Å². The Hall–Kier alpha value is -3.28. The number of para-hydroxylation sites is 1. The average molecular weight is 420 g/mol. The summed E-state index contributed by atoms with van der Waals surface area (Å²) in [5.41, 5.74) is 4.58. The van der Waals surface area contributed by atoms with Gasteiger partial charge in [-0.3, -0.25) is 4.79 Å². The van der Waals surface area contributed by atoms with Crippen molar-refractivity contribution in [3.05, 3.63) is 70.9 Å². The Morgan fingerprint density at radius 2 is 2.00 bits per heavy atom. The number of carbonyl (C=O) groups excluding carboxylic acids is 1. The van der Waals surface area contributed by atoms with Gasteiger partial charge in [-0.1, -0.05) is 36.4 Å². The summed E-state index contributed by atoms with van der Waals surface area (Å²) in [6.45, 7) is 1.99. The van der Waals surface area contributed by atoms with Crippen molar-refractivity contribution >= 4 is 11.7 Å². The van der Waals surface area contributed by atoms with E-state index in [-0.39, 0.29) is 11.9 Å². The zero-order valence-corrected chi connectivity index (χ0v) is 18.4. The largest absolute Gasteiger partial charge is 0.493 e. The first-order chi connectivity index (χ1) is 15.1. The predicted molar refractivity (Wildman–Crippen MR) is 121 cm³/mol. The van der Waals surface area contributed by atoms with Gasteiger partial charge in [0.1, 0.15) is 5.82 Å². The van der Waals surface area contributed by atoms with Gasteiger partial charge >= 0.3 is 0 Å². The Kier molecular flexibility index (Phi) is 6.26. The number of carbonyl (C=O) groups is 1. The molecule has 1 N–H and O–H groups in total. The van der Waals surface area contributed by atoms with Crippen molar-refractivity contribution in [2.24, 2.45) is 0 Å². The summed E-state index contributed by atoms with van der Waals surface area (Å²) in [5, 5.41) is 7.74. The van der Waals surface area contributed by atoms with Gasteiger partial charge in [0.05, 0.1) is 26.5 Å². The van der Waals surface area contributed by atoms with Crippen LogP contribution in [0.2, 0.25) is 0 Å². The third kappa shape index (κ3) is 4.29. The first-order valence-corrected chi connectivity index (χ1v) is 10.7. The van der Waals surface area contributed by atoms with Gasteiger partial charge in [-0.25, -0.2) is 4.68 Å². The summed E-state index contributed by atoms with van der Waals surface area (Å²) in [7, 11) is 3.23. The van der Waals surface area contributed by atoms with E-state index < -0.39 is 0 Å². The molecule has 3 aromatic rings. The van der Waals surface area contributed by atoms with Gasteiger partial charge in [-0.2, -0.15) is 5.10 Å². The van der Waals surface area contributed by atoms with Crippen LogP contribution < -0.4 is 14.8 Å². The van der Waals surface area contributed by atoms with Gasteiger partial charge in [-0.05, 0) is 55.4 Å². The summed E-state index contributed by atoms with van der Waals surface area (Å²) in [4.78, 5) is 12.8. The molecule has 31 heavy (non-hydrogen) atoms. The lowest BCUT2D eigenvalue weighted by Gasteiger charge is -2.27. The van der Waals surface area contributed by atoms with E-state index >= 15 is 0 Å². The minimum absolute atomic E-state index is 0.0428. The second-order valence-electron chi connectivity index (χ2n) is 7.93. The van der Waals surface area contributed by atoms with Crippen LogP contribution in [0, 0.1) is 6.92 Å². The topological polar surface area (TPSA) is 65.4 Å². The highest BCUT2D eigenvalue weighted by molar-refractivity contribution is 5.90. The third-order valence-corrected chi connectivity index (χ3v) is 5.98. The number of ether oxygens (including phenoxy) is 2. The fourth-order valence-corrected chi connectivity index (χ4v) is 4.42. The summed E-state index contributed by atoms with van der Waals surface area (Å²) in [5.74, 6) is 2.09. The lowest BCUT2D eigenvalue weighted by atomic mass is 9.88. The lowest BCUT2D eigenvalue weighted by molar-refractivity contribution is -0.116. The van der Waals surface area contributed by atoms with E-state index in [0.29, 0.717) is 24.3 Å². The molecule has 0 fully saturated rings. The lowest BCUT2D eigenvalue weighted by Crippen LogP contribution is -2.23. The highest BCUT2D eigenvalue weighted by atomic mass is 16.5. The van der Waals surface area contributed by atoms with E-state index in [1.807, 2.05) is 36.0 Å². The molecule has 1 atom stereocenters. The minimum atomic E-state index is -0.0428. The van der Waals surface area contributed by atoms with Gasteiger partial charge in [0.25, 0.3) is 0 Å². The second kappa shape index (κ2) is 9.25. The van der Waals surface area contributed by atoms with E-state index in [1.165, 1.54) is 11.1 Å². The van der Waals surface area contributed by atoms with Crippen molar-refractivity contribution in [3.8, 4) is 11.5 Å². The number of aromatic nitrogens is 2. The number of fused-ring (bicyclic) bond motifs is 1. The SMILES string of the molecule is COc1cccc(CCC(=O)Nc2c(C)cnn2C2CCCc3ccccc32)c1OC. The van der Waals surface area contributed by atoms with Gasteiger partial charge < -0.3 is 14.8 Å². The summed E-state index contributed by atoms with van der Waals surface area (Å²) in [6.07, 6.45) is 5.96. The zero-order valence-electron chi connectivity index (χ0n) is 18.4. The summed E-state index contributed by atoms with van der Waals surface area (Å²) >= 11 is 0. The maximum atomic E-state index is 12.8. The molecule has 1 heterocycles. The number of aryl methyl sites for hydroxylation is 3. The Labute approximate surface area is 183 Å². The summed E-state index contributed by atoms with van der Waals surface area (Å²) in [6, 6.07) is 14.4. The van der Waals surface area contributed by atoms with Crippen LogP contribution in [0.1, 0.15) is 47.6 Å². The molecule has 0 spiro atoms. The van der Waals surface area contributed by atoms with E-state index in [9.17, 15) is 4.79 Å². The molecule has 1 aromatic heterocycles. The van der Waals surface area contributed by atoms with Crippen LogP contribution in [-0.4, -0.2) is 29.9 Å². The van der Waals surface area contributed by atoms with Crippen LogP contribution in [0.15, 0.2) is 48.7 Å². The summed E-state index contributed by atoms with van der Waals surface area (Å²) < 4.78 is 12.8. The number of nitrogens with one attached hydrogen (secondary N) is 1. The van der Waals surface area contributed by atoms with Crippen LogP contribution in [-0.2, 0) is 17.6 Å². The van der Waals surface area contributed by atoms with E-state index in [4.69, 9.17) is 9.47 Å². The van der Waals surface area contributed by atoms with Crippen molar-refractivity contribution in [1.82, 2.24) is 9.78 Å². The fraction of sp³-hybridized carbons (Fsp3) is 0.360. The first-order valence-electron chi connectivity index (χ1n) is 10.7. The molecule has 162 valence electrons. The highest BCUT2D eigenvalue weighted by Gasteiger charge is 2.25. The molecule has 0 saturated carbocycles. The molecule has 6 nitrogen and oxygen atoms in total. The number of methoxy groups -OCH3 is 2. The molecule has 0 aliphatic heterocycles. The number of benzene rings is 2. The van der Waals surface area contributed by atoms with Gasteiger partial charge in [0.2, 0.25) is 5.91 Å². The van der Waals surface area contributed by atoms with Crippen LogP contribution in [0.4, 0.5) is 5.82 Å². The molecule has 1 amide bonds. The maximum Gasteiger partial charge on any atom is 0.225 e. The quantitative estimate of drug-likeness (QED) is 0.603. The third-order valence-electron chi connectivity index (χ3n) is 5.98. The number of nitrogens with zero attached hydrogens (tertiary/aromatic N) is 2. The van der Waals surface area contributed by atoms with Gasteiger partial charge in [0, 0.05) is 12.0 Å². The van der Waals surface area contributed by atoms with E-state index in [2.05, 4.69) is 34.7 Å². The second-order valence-corrected chi connectivity index (χ2v) is 7.93. The molecule has 2 aromatic carbocycles. The normalized spacial score (nSPS) is 15.3. The molecule has 0 saturated heterocycles. The van der Waals surface area contributed by atoms with Gasteiger partial charge in [0.15, 0.2) is 11.5 Å². The molecular weight excluding hydrogens is 390 g/mol. The average Bonchev–Trinajstić information content (AvgIpc) is 3.16. The standard InChI is InChI=1S/C25H29N3O3/c1-17-16-26-28(21-12-6-9-18-8-4-5-11-20(18)21)25(17)27-23(29)15-14-19-10-7-13-22(30-2)24(19)31-3/h4-5,7-8,10-11,13,16,21H,6,9,12,14-15H2,1-3H3,(H,27,29). The molecular formula is C25H29N3O3. The Morgan fingerprint density at radius 1 is 1.16 bits per heavy atom. The molecule has 6 heteroatoms. The molecule has 4 rings (SSSR count). The number of hydrogen-bond donors (Lipinski definition) is 1. The van der Waals surface area contributed by atoms with Crippen molar-refractivity contribution in [3.63, 3.8) is 0 Å². The molecule has 0 bridgehead atoms. The van der Waals surface area contributed by atoms with Crippen LogP contribution >= 0.6 is 0 Å². The Morgan fingerprint density at radius 3 is 2.81 bits per heavy atom. The molecule has 0 radical (unpaired) electrons. The van der Waals surface area contributed by atoms with Crippen LogP contribution in [0.25, 0.3) is 0 Å². The predicted octanol–water partition coefficient (Wildman–Crippen LogP) is 4.71. The Balaban J connectivity index is 1.50. The fourth-order valence-electron chi connectivity index (χ4n) is 4.42. The smallest absolute Gasteiger partial charge is 0.225 e. The molecule has 1 unspecified atom stereocenters. The van der Waals surface area contributed by atoms with Crippen molar-refractivity contribution in [2.75, 3.05) is 19.5 Å². The monoisotopic (exact) mass is 419 g/mol. The van der Waals surface area contributed by atoms with E-state index in [1.54, 1.807) is 14.2 Å². The van der Waals surface area contributed by atoms with Crippen molar-refractivity contribution in [2.45, 2.75) is 45.1 Å². The molecule has 1 aliphatic rings. The van der Waals surface area contributed by atoms with E-state index in [0.717, 1.165) is 36.2 Å². The maximum absolute atomic E-state index is 12.8. The zero-order chi connectivity index (χ0) is 21.8.